The number of rotatable bonds is 6. The van der Waals surface area contributed by atoms with Crippen LogP contribution < -0.4 is 25.1 Å². The Balaban J connectivity index is 1.87. The van der Waals surface area contributed by atoms with Gasteiger partial charge >= 0.3 is 0 Å². The molecule has 0 unspecified atom stereocenters. The van der Waals surface area contributed by atoms with E-state index in [9.17, 15) is 9.90 Å². The van der Waals surface area contributed by atoms with Crippen LogP contribution >= 0.6 is 12.2 Å². The number of aromatic nitrogens is 2. The largest absolute Gasteiger partial charge is 0.494 e. The molecule has 0 aliphatic carbocycles. The lowest BCUT2D eigenvalue weighted by molar-refractivity contribution is 0.340. The first kappa shape index (κ1) is 21.9. The van der Waals surface area contributed by atoms with Crippen molar-refractivity contribution in [3.05, 3.63) is 68.2 Å². The molecular weight excluding hydrogens is 430 g/mol. The topological polar surface area (TPSA) is 97.7 Å². The summed E-state index contributed by atoms with van der Waals surface area (Å²) in [6, 6.07) is 10.3. The number of aromatic amines is 1. The summed E-state index contributed by atoms with van der Waals surface area (Å²) in [7, 11) is 3.15. The van der Waals surface area contributed by atoms with E-state index in [-0.39, 0.29) is 16.2 Å². The molecule has 1 aliphatic heterocycles. The lowest BCUT2D eigenvalue weighted by Gasteiger charge is -2.29. The average molecular weight is 456 g/mol. The quantitative estimate of drug-likeness (QED) is 0.491. The zero-order valence-electron chi connectivity index (χ0n) is 18.1. The summed E-state index contributed by atoms with van der Waals surface area (Å²) < 4.78 is 17.9. The lowest BCUT2D eigenvalue weighted by Crippen LogP contribution is -2.35. The van der Waals surface area contributed by atoms with Gasteiger partial charge in [0.25, 0.3) is 5.56 Å². The van der Waals surface area contributed by atoms with E-state index in [1.165, 1.54) is 4.57 Å². The fraction of sp³-hybridized carbons (Fsp3) is 0.304. The molecule has 32 heavy (non-hydrogen) atoms. The summed E-state index contributed by atoms with van der Waals surface area (Å²) in [5.74, 6) is 1.66. The molecule has 2 aromatic carbocycles. The molecule has 4 rings (SSSR count). The fourth-order valence-corrected chi connectivity index (χ4v) is 4.32. The van der Waals surface area contributed by atoms with Gasteiger partial charge in [-0.05, 0) is 73.1 Å². The van der Waals surface area contributed by atoms with Crippen LogP contribution in [0.4, 0.5) is 0 Å². The Labute approximate surface area is 190 Å². The maximum absolute atomic E-state index is 13.0. The molecule has 1 atom stereocenters. The van der Waals surface area contributed by atoms with Gasteiger partial charge in [0.05, 0.1) is 38.1 Å². The van der Waals surface area contributed by atoms with Crippen molar-refractivity contribution in [2.24, 2.45) is 0 Å². The molecule has 9 heteroatoms. The van der Waals surface area contributed by atoms with Crippen molar-refractivity contribution in [2.45, 2.75) is 19.4 Å². The number of benzene rings is 2. The Kier molecular flexibility index (Phi) is 6.20. The number of ether oxygens (including phenoxy) is 3. The van der Waals surface area contributed by atoms with Crippen LogP contribution in [0.5, 0.6) is 23.1 Å². The smallest absolute Gasteiger partial charge is 0.260 e. The summed E-state index contributed by atoms with van der Waals surface area (Å²) in [5, 5.41) is 14.6. The van der Waals surface area contributed by atoms with Crippen molar-refractivity contribution < 1.29 is 19.3 Å². The van der Waals surface area contributed by atoms with Crippen LogP contribution in [0.2, 0.25) is 0 Å². The average Bonchev–Trinajstić information content (AvgIpc) is 2.79. The first-order valence-electron chi connectivity index (χ1n) is 10.3. The Hall–Kier alpha value is -3.30. The molecule has 2 heterocycles. The molecule has 1 aliphatic rings. The number of hydrogen-bond donors (Lipinski definition) is 3. The zero-order valence-corrected chi connectivity index (χ0v) is 18.9. The molecule has 0 spiro atoms. The van der Waals surface area contributed by atoms with E-state index in [0.29, 0.717) is 36.1 Å². The molecular formula is C23H25N3O5S. The third kappa shape index (κ3) is 3.85. The van der Waals surface area contributed by atoms with Gasteiger partial charge in [-0.2, -0.15) is 0 Å². The first-order valence-corrected chi connectivity index (χ1v) is 10.7. The SMILES string of the molecule is CCOc1ccc(-n2c(O)c([C@H]3NCCc4cc(OC)c(OC)cc43)c(=O)[nH]c2=S)cc1. The minimum atomic E-state index is -0.549. The number of methoxy groups -OCH3 is 2. The molecule has 3 N–H and O–H groups in total. The summed E-state index contributed by atoms with van der Waals surface area (Å²) >= 11 is 5.36. The predicted octanol–water partition coefficient (Wildman–Crippen LogP) is 3.25. The number of H-pyrrole nitrogens is 1. The van der Waals surface area contributed by atoms with Crippen LogP contribution in [-0.2, 0) is 6.42 Å². The summed E-state index contributed by atoms with van der Waals surface area (Å²) in [6.07, 6.45) is 0.753. The van der Waals surface area contributed by atoms with Crippen molar-refractivity contribution >= 4 is 12.2 Å². The molecule has 0 radical (unpaired) electrons. The van der Waals surface area contributed by atoms with Gasteiger partial charge in [-0.25, -0.2) is 0 Å². The standard InChI is InChI=1S/C23H25N3O5S/c1-4-31-15-7-5-14(6-8-15)26-22(28)19(21(27)25-23(26)32)20-16-12-18(30-3)17(29-2)11-13(16)9-10-24-20/h5-8,11-12,20,24,28H,4,9-10H2,1-3H3,(H,25,27,32)/t20-/m0/s1. The van der Waals surface area contributed by atoms with Crippen LogP contribution in [0.1, 0.15) is 29.7 Å². The van der Waals surface area contributed by atoms with E-state index >= 15 is 0 Å². The Morgan fingerprint density at radius 3 is 2.50 bits per heavy atom. The van der Waals surface area contributed by atoms with Crippen LogP contribution in [-0.4, -0.2) is 42.0 Å². The third-order valence-electron chi connectivity index (χ3n) is 5.51. The number of aromatic hydroxyl groups is 1. The van der Waals surface area contributed by atoms with Gasteiger partial charge in [0.1, 0.15) is 5.75 Å². The predicted molar refractivity (Wildman–Crippen MR) is 123 cm³/mol. The molecule has 1 aromatic heterocycles. The van der Waals surface area contributed by atoms with E-state index in [4.69, 9.17) is 26.4 Å². The lowest BCUT2D eigenvalue weighted by atomic mass is 9.90. The van der Waals surface area contributed by atoms with Gasteiger partial charge < -0.3 is 24.6 Å². The van der Waals surface area contributed by atoms with Gasteiger partial charge in [-0.15, -0.1) is 0 Å². The minimum absolute atomic E-state index is 0.101. The minimum Gasteiger partial charge on any atom is -0.494 e. The second-order valence-electron chi connectivity index (χ2n) is 7.30. The van der Waals surface area contributed by atoms with Crippen LogP contribution in [0.15, 0.2) is 41.2 Å². The molecule has 0 amide bonds. The van der Waals surface area contributed by atoms with Gasteiger partial charge in [0, 0.05) is 6.54 Å². The Morgan fingerprint density at radius 1 is 1.16 bits per heavy atom. The molecule has 8 nitrogen and oxygen atoms in total. The van der Waals surface area contributed by atoms with Gasteiger partial charge in [-0.1, -0.05) is 0 Å². The van der Waals surface area contributed by atoms with E-state index in [2.05, 4.69) is 10.3 Å². The van der Waals surface area contributed by atoms with Crippen molar-refractivity contribution in [3.63, 3.8) is 0 Å². The van der Waals surface area contributed by atoms with E-state index in [1.807, 2.05) is 19.1 Å². The molecule has 0 fully saturated rings. The maximum Gasteiger partial charge on any atom is 0.260 e. The highest BCUT2D eigenvalue weighted by Crippen LogP contribution is 2.38. The maximum atomic E-state index is 13.0. The molecule has 0 bridgehead atoms. The summed E-state index contributed by atoms with van der Waals surface area (Å²) in [4.78, 5) is 15.7. The van der Waals surface area contributed by atoms with Crippen LogP contribution in [0, 0.1) is 4.77 Å². The van der Waals surface area contributed by atoms with Gasteiger partial charge in [-0.3, -0.25) is 14.3 Å². The zero-order chi connectivity index (χ0) is 22.8. The van der Waals surface area contributed by atoms with E-state index in [0.717, 1.165) is 17.5 Å². The van der Waals surface area contributed by atoms with Crippen molar-refractivity contribution in [1.82, 2.24) is 14.9 Å². The molecule has 0 saturated heterocycles. The number of nitrogens with one attached hydrogen (secondary N) is 2. The van der Waals surface area contributed by atoms with Crippen molar-refractivity contribution in [1.29, 1.82) is 0 Å². The first-order chi connectivity index (χ1) is 15.5. The summed E-state index contributed by atoms with van der Waals surface area (Å²) in [5.41, 5.74) is 2.19. The highest BCUT2D eigenvalue weighted by molar-refractivity contribution is 7.71. The number of fused-ring (bicyclic) bond motifs is 1. The monoisotopic (exact) mass is 455 g/mol. The summed E-state index contributed by atoms with van der Waals surface area (Å²) in [6.45, 7) is 3.09. The number of hydrogen-bond acceptors (Lipinski definition) is 7. The van der Waals surface area contributed by atoms with Crippen LogP contribution in [0.3, 0.4) is 0 Å². The van der Waals surface area contributed by atoms with Gasteiger partial charge in [0.2, 0.25) is 5.88 Å². The Bertz CT molecular complexity index is 1250. The van der Waals surface area contributed by atoms with Crippen molar-refractivity contribution in [3.8, 4) is 28.8 Å². The number of nitrogens with zero attached hydrogens (tertiary/aromatic N) is 1. The van der Waals surface area contributed by atoms with E-state index < -0.39 is 11.6 Å². The van der Waals surface area contributed by atoms with Crippen LogP contribution in [0.25, 0.3) is 5.69 Å². The normalized spacial score (nSPS) is 15.2. The highest BCUT2D eigenvalue weighted by atomic mass is 32.1. The fourth-order valence-electron chi connectivity index (χ4n) is 4.04. The van der Waals surface area contributed by atoms with E-state index in [1.54, 1.807) is 38.5 Å². The second-order valence-corrected chi connectivity index (χ2v) is 7.69. The van der Waals surface area contributed by atoms with Crippen molar-refractivity contribution in [2.75, 3.05) is 27.4 Å². The molecule has 3 aromatic rings. The highest BCUT2D eigenvalue weighted by Gasteiger charge is 2.30. The van der Waals surface area contributed by atoms with Gasteiger partial charge in [0.15, 0.2) is 16.3 Å². The molecule has 0 saturated carbocycles. The third-order valence-corrected chi connectivity index (χ3v) is 5.80. The second kappa shape index (κ2) is 9.05. The molecule has 168 valence electrons. The Morgan fingerprint density at radius 2 is 1.84 bits per heavy atom.